The number of ether oxygens (including phenoxy) is 3. The quantitative estimate of drug-likeness (QED) is 0.341. The first-order chi connectivity index (χ1) is 17.3. The van der Waals surface area contributed by atoms with Gasteiger partial charge in [-0.25, -0.2) is 4.79 Å². The first-order valence-corrected chi connectivity index (χ1v) is 13.3. The van der Waals surface area contributed by atoms with Gasteiger partial charge in [-0.05, 0) is 63.8 Å². The molecule has 1 fully saturated rings. The van der Waals surface area contributed by atoms with E-state index in [2.05, 4.69) is 31.0 Å². The largest absolute Gasteiger partial charge is 0.493 e. The van der Waals surface area contributed by atoms with Crippen molar-refractivity contribution in [2.75, 3.05) is 31.9 Å². The number of carbonyl (C=O) groups excluding carboxylic acids is 1. The highest BCUT2D eigenvalue weighted by molar-refractivity contribution is 5.89. The SMILES string of the molecule is CC.CC.CCOC(=O)c1cn2c(cc1=O)-c1cc(C)c(OCCCOC)cc1[C@H]1CCC(C)(C)N12. The van der Waals surface area contributed by atoms with Crippen LogP contribution in [0.2, 0.25) is 0 Å². The number of hydrogen-bond acceptors (Lipinski definition) is 6. The molecule has 0 amide bonds. The normalized spacial score (nSPS) is 16.4. The molecule has 36 heavy (non-hydrogen) atoms. The van der Waals surface area contributed by atoms with Crippen LogP contribution in [-0.4, -0.2) is 43.1 Å². The van der Waals surface area contributed by atoms with Gasteiger partial charge in [-0.1, -0.05) is 27.7 Å². The van der Waals surface area contributed by atoms with Crippen molar-refractivity contribution in [2.24, 2.45) is 0 Å². The first kappa shape index (κ1) is 29.4. The summed E-state index contributed by atoms with van der Waals surface area (Å²) in [6, 6.07) is 5.92. The minimum absolute atomic E-state index is 0.0651. The second kappa shape index (κ2) is 12.9. The lowest BCUT2D eigenvalue weighted by atomic mass is 9.92. The Hall–Kier alpha value is -2.80. The highest BCUT2D eigenvalue weighted by Crippen LogP contribution is 2.49. The van der Waals surface area contributed by atoms with Gasteiger partial charge < -0.3 is 14.2 Å². The van der Waals surface area contributed by atoms with Crippen molar-refractivity contribution in [3.63, 3.8) is 0 Å². The number of rotatable bonds is 7. The van der Waals surface area contributed by atoms with Gasteiger partial charge in [-0.3, -0.25) is 14.5 Å². The highest BCUT2D eigenvalue weighted by Gasteiger charge is 2.45. The summed E-state index contributed by atoms with van der Waals surface area (Å²) in [5.74, 6) is 0.284. The summed E-state index contributed by atoms with van der Waals surface area (Å²) in [6.45, 7) is 17.6. The van der Waals surface area contributed by atoms with Gasteiger partial charge >= 0.3 is 5.97 Å². The number of aromatic nitrogens is 1. The Morgan fingerprint density at radius 2 is 1.81 bits per heavy atom. The van der Waals surface area contributed by atoms with Crippen molar-refractivity contribution in [3.05, 3.63) is 51.3 Å². The molecule has 1 saturated heterocycles. The van der Waals surface area contributed by atoms with Gasteiger partial charge in [-0.2, -0.15) is 0 Å². The Balaban J connectivity index is 0.00000109. The molecule has 0 saturated carbocycles. The number of pyridine rings is 1. The van der Waals surface area contributed by atoms with Crippen LogP contribution < -0.4 is 15.2 Å². The molecule has 0 bridgehead atoms. The van der Waals surface area contributed by atoms with Crippen LogP contribution in [0.4, 0.5) is 0 Å². The van der Waals surface area contributed by atoms with Crippen LogP contribution in [0.5, 0.6) is 5.75 Å². The third-order valence-corrected chi connectivity index (χ3v) is 6.44. The molecule has 2 aliphatic heterocycles. The summed E-state index contributed by atoms with van der Waals surface area (Å²) in [4.78, 5) is 25.3. The Morgan fingerprint density at radius 1 is 1.11 bits per heavy atom. The Morgan fingerprint density at radius 3 is 2.44 bits per heavy atom. The van der Waals surface area contributed by atoms with Crippen LogP contribution in [-0.2, 0) is 9.47 Å². The Labute approximate surface area is 216 Å². The summed E-state index contributed by atoms with van der Waals surface area (Å²) in [7, 11) is 1.69. The lowest BCUT2D eigenvalue weighted by Gasteiger charge is -2.44. The maximum atomic E-state index is 12.9. The summed E-state index contributed by atoms with van der Waals surface area (Å²) < 4.78 is 18.3. The first-order valence-electron chi connectivity index (χ1n) is 13.3. The number of fused-ring (bicyclic) bond motifs is 6. The molecule has 7 heteroatoms. The molecule has 0 N–H and O–H groups in total. The van der Waals surface area contributed by atoms with Crippen molar-refractivity contribution in [1.82, 2.24) is 4.68 Å². The van der Waals surface area contributed by atoms with E-state index < -0.39 is 5.97 Å². The van der Waals surface area contributed by atoms with E-state index in [1.165, 1.54) is 0 Å². The van der Waals surface area contributed by atoms with Crippen molar-refractivity contribution in [1.29, 1.82) is 0 Å². The fourth-order valence-electron chi connectivity index (χ4n) is 4.88. The number of nitrogens with zero attached hydrogens (tertiary/aromatic N) is 2. The van der Waals surface area contributed by atoms with E-state index in [-0.39, 0.29) is 29.2 Å². The van der Waals surface area contributed by atoms with Gasteiger partial charge in [-0.15, -0.1) is 0 Å². The molecule has 4 rings (SSSR count). The maximum absolute atomic E-state index is 12.9. The summed E-state index contributed by atoms with van der Waals surface area (Å²) >= 11 is 0. The van der Waals surface area contributed by atoms with Gasteiger partial charge in [0.1, 0.15) is 11.3 Å². The van der Waals surface area contributed by atoms with Crippen LogP contribution in [0.1, 0.15) is 95.3 Å². The Kier molecular flexibility index (Phi) is 10.6. The zero-order chi connectivity index (χ0) is 27.0. The monoisotopic (exact) mass is 500 g/mol. The van der Waals surface area contributed by atoms with E-state index in [1.807, 2.05) is 39.3 Å². The minimum atomic E-state index is -0.580. The molecule has 7 nitrogen and oxygen atoms in total. The highest BCUT2D eigenvalue weighted by atomic mass is 16.5. The molecule has 2 aliphatic rings. The number of hydrogen-bond donors (Lipinski definition) is 0. The average Bonchev–Trinajstić information content (AvgIpc) is 3.20. The van der Waals surface area contributed by atoms with Crippen LogP contribution >= 0.6 is 0 Å². The molecule has 1 atom stereocenters. The van der Waals surface area contributed by atoms with Crippen molar-refractivity contribution in [2.45, 2.75) is 86.2 Å². The summed E-state index contributed by atoms with van der Waals surface area (Å²) in [5.41, 5.74) is 3.58. The fourth-order valence-corrected chi connectivity index (χ4v) is 4.88. The number of methoxy groups -OCH3 is 1. The van der Waals surface area contributed by atoms with E-state index >= 15 is 0 Å². The van der Waals surface area contributed by atoms with Crippen LogP contribution in [0.15, 0.2) is 29.2 Å². The topological polar surface area (TPSA) is 70.0 Å². The maximum Gasteiger partial charge on any atom is 0.343 e. The fraction of sp³-hybridized carbons (Fsp3) is 0.586. The molecule has 0 radical (unpaired) electrons. The summed E-state index contributed by atoms with van der Waals surface area (Å²) in [6.07, 6.45) is 4.45. The molecule has 0 unspecified atom stereocenters. The van der Waals surface area contributed by atoms with Gasteiger partial charge in [0.2, 0.25) is 0 Å². The molecule has 2 aromatic rings. The van der Waals surface area contributed by atoms with Crippen molar-refractivity contribution in [3.8, 4) is 17.0 Å². The number of aryl methyl sites for hydroxylation is 1. The third kappa shape index (κ3) is 5.77. The van der Waals surface area contributed by atoms with Crippen molar-refractivity contribution >= 4 is 5.97 Å². The average molecular weight is 501 g/mol. The van der Waals surface area contributed by atoms with Crippen molar-refractivity contribution < 1.29 is 19.0 Å². The second-order valence-electron chi connectivity index (χ2n) is 9.11. The Bertz CT molecular complexity index is 1090. The van der Waals surface area contributed by atoms with Gasteiger partial charge in [0.25, 0.3) is 0 Å². The third-order valence-electron chi connectivity index (χ3n) is 6.44. The summed E-state index contributed by atoms with van der Waals surface area (Å²) in [5, 5.41) is 2.29. The standard InChI is InChI=1S/C25H32N2O5.2C2H6/c1-6-31-24(29)19-15-26-21(14-22(19)28)17-12-16(2)23(32-11-7-10-30-5)13-18(17)20-8-9-25(3,4)27(20)26;2*1-2/h12-15,20H,6-11H2,1-5H3;2*1-2H3/t20-;;/m1../s1. The smallest absolute Gasteiger partial charge is 0.343 e. The van der Waals surface area contributed by atoms with Crippen LogP contribution in [0.3, 0.4) is 0 Å². The lowest BCUT2D eigenvalue weighted by Crippen LogP contribution is -2.50. The molecule has 200 valence electrons. The van der Waals surface area contributed by atoms with Gasteiger partial charge in [0, 0.05) is 38.0 Å². The van der Waals surface area contributed by atoms with Crippen LogP contribution in [0.25, 0.3) is 11.3 Å². The zero-order valence-electron chi connectivity index (χ0n) is 23.6. The molecular formula is C29H44N2O5. The number of carbonyl (C=O) groups is 1. The molecule has 0 aliphatic carbocycles. The predicted octanol–water partition coefficient (Wildman–Crippen LogP) is 6.03. The lowest BCUT2D eigenvalue weighted by molar-refractivity contribution is 0.0523. The zero-order valence-corrected chi connectivity index (χ0v) is 23.6. The van der Waals surface area contributed by atoms with E-state index in [9.17, 15) is 9.59 Å². The van der Waals surface area contributed by atoms with Crippen LogP contribution in [0, 0.1) is 6.92 Å². The second-order valence-corrected chi connectivity index (χ2v) is 9.11. The predicted molar refractivity (Wildman–Crippen MR) is 146 cm³/mol. The molecule has 0 spiro atoms. The minimum Gasteiger partial charge on any atom is -0.493 e. The number of esters is 1. The van der Waals surface area contributed by atoms with E-state index in [0.29, 0.717) is 13.2 Å². The molecule has 1 aromatic carbocycles. The van der Waals surface area contributed by atoms with E-state index in [0.717, 1.165) is 47.4 Å². The molecular weight excluding hydrogens is 456 g/mol. The number of benzene rings is 1. The molecule has 3 heterocycles. The van der Waals surface area contributed by atoms with Gasteiger partial charge in [0.15, 0.2) is 5.43 Å². The van der Waals surface area contributed by atoms with Gasteiger partial charge in [0.05, 0.1) is 30.5 Å². The van der Waals surface area contributed by atoms with E-state index in [1.54, 1.807) is 26.3 Å². The van der Waals surface area contributed by atoms with E-state index in [4.69, 9.17) is 14.2 Å². The molecule has 1 aromatic heterocycles.